The van der Waals surface area contributed by atoms with E-state index in [4.69, 9.17) is 5.73 Å². The molecule has 28 heavy (non-hydrogen) atoms. The summed E-state index contributed by atoms with van der Waals surface area (Å²) in [4.78, 5) is 28.7. The number of nitrogens with zero attached hydrogens (tertiary/aromatic N) is 2. The van der Waals surface area contributed by atoms with Gasteiger partial charge >= 0.3 is 0 Å². The fraction of sp³-hybridized carbons (Fsp3) is 0.900. The lowest BCUT2D eigenvalue weighted by Gasteiger charge is -2.35. The first kappa shape index (κ1) is 27.4. The number of halogens is 2. The van der Waals surface area contributed by atoms with Crippen LogP contribution >= 0.6 is 24.8 Å². The Hall–Kier alpha value is -0.560. The van der Waals surface area contributed by atoms with Crippen LogP contribution in [-0.2, 0) is 9.59 Å². The summed E-state index contributed by atoms with van der Waals surface area (Å²) in [5.74, 6) is 1.13. The minimum atomic E-state index is 0. The summed E-state index contributed by atoms with van der Waals surface area (Å²) in [6.07, 6.45) is 9.59. The first-order valence-electron chi connectivity index (χ1n) is 10.6. The first-order chi connectivity index (χ1) is 12.6. The van der Waals surface area contributed by atoms with Crippen molar-refractivity contribution in [2.24, 2.45) is 11.7 Å². The zero-order chi connectivity index (χ0) is 18.8. The van der Waals surface area contributed by atoms with Crippen molar-refractivity contribution in [1.82, 2.24) is 15.1 Å². The Balaban J connectivity index is 0.00000364. The molecule has 3 N–H and O–H groups in total. The molecule has 2 fully saturated rings. The van der Waals surface area contributed by atoms with Crippen molar-refractivity contribution in [3.8, 4) is 0 Å². The predicted molar refractivity (Wildman–Crippen MR) is 119 cm³/mol. The Morgan fingerprint density at radius 2 is 1.68 bits per heavy atom. The van der Waals surface area contributed by atoms with E-state index >= 15 is 0 Å². The van der Waals surface area contributed by atoms with Crippen LogP contribution in [0.3, 0.4) is 0 Å². The highest BCUT2D eigenvalue weighted by Gasteiger charge is 2.24. The van der Waals surface area contributed by atoms with Crippen molar-refractivity contribution in [1.29, 1.82) is 0 Å². The monoisotopic (exact) mass is 438 g/mol. The third-order valence-electron chi connectivity index (χ3n) is 5.74. The maximum atomic E-state index is 12.3. The number of unbranched alkanes of at least 4 members (excludes halogenated alkanes) is 3. The quantitative estimate of drug-likeness (QED) is 0.542. The zero-order valence-corrected chi connectivity index (χ0v) is 19.0. The number of piperazine rings is 1. The second-order valence-corrected chi connectivity index (χ2v) is 8.15. The van der Waals surface area contributed by atoms with Gasteiger partial charge in [0.2, 0.25) is 11.8 Å². The van der Waals surface area contributed by atoms with Crippen LogP contribution in [0.4, 0.5) is 0 Å². The Labute approximate surface area is 183 Å². The van der Waals surface area contributed by atoms with Gasteiger partial charge in [0, 0.05) is 38.6 Å². The maximum Gasteiger partial charge on any atom is 0.234 e. The summed E-state index contributed by atoms with van der Waals surface area (Å²) >= 11 is 0. The Morgan fingerprint density at radius 1 is 1.00 bits per heavy atom. The molecule has 0 radical (unpaired) electrons. The summed E-state index contributed by atoms with van der Waals surface area (Å²) in [5.41, 5.74) is 5.48. The molecular weight excluding hydrogens is 399 g/mol. The van der Waals surface area contributed by atoms with E-state index in [2.05, 4.69) is 17.1 Å². The van der Waals surface area contributed by atoms with Gasteiger partial charge in [-0.1, -0.05) is 32.6 Å². The van der Waals surface area contributed by atoms with Crippen LogP contribution in [0.15, 0.2) is 0 Å². The molecule has 2 rings (SSSR count). The van der Waals surface area contributed by atoms with Crippen LogP contribution in [0, 0.1) is 5.92 Å². The summed E-state index contributed by atoms with van der Waals surface area (Å²) < 4.78 is 0. The number of nitrogens with one attached hydrogen (secondary N) is 1. The molecule has 2 unspecified atom stereocenters. The third-order valence-corrected chi connectivity index (χ3v) is 5.74. The minimum absolute atomic E-state index is 0. The number of nitrogens with two attached hydrogens (primary N) is 1. The smallest absolute Gasteiger partial charge is 0.234 e. The summed E-state index contributed by atoms with van der Waals surface area (Å²) in [6.45, 7) is 6.56. The lowest BCUT2D eigenvalue weighted by atomic mass is 9.87. The third kappa shape index (κ3) is 10.3. The topological polar surface area (TPSA) is 78.7 Å². The summed E-state index contributed by atoms with van der Waals surface area (Å²) in [6, 6.07) is 0.355. The fourth-order valence-corrected chi connectivity index (χ4v) is 4.13. The van der Waals surface area contributed by atoms with E-state index in [1.54, 1.807) is 0 Å². The number of hydrogen-bond donors (Lipinski definition) is 2. The summed E-state index contributed by atoms with van der Waals surface area (Å²) in [5, 5.41) is 3.21. The van der Waals surface area contributed by atoms with Crippen molar-refractivity contribution in [2.75, 3.05) is 39.3 Å². The highest BCUT2D eigenvalue weighted by molar-refractivity contribution is 5.85. The molecule has 1 saturated heterocycles. The lowest BCUT2D eigenvalue weighted by Crippen LogP contribution is -2.52. The first-order valence-corrected chi connectivity index (χ1v) is 10.6. The number of amides is 2. The molecule has 0 spiro atoms. The molecule has 2 aliphatic rings. The van der Waals surface area contributed by atoms with Crippen molar-refractivity contribution in [3.05, 3.63) is 0 Å². The summed E-state index contributed by atoms with van der Waals surface area (Å²) in [7, 11) is 0. The van der Waals surface area contributed by atoms with Crippen LogP contribution in [0.1, 0.15) is 64.7 Å². The highest BCUT2D eigenvalue weighted by atomic mass is 35.5. The van der Waals surface area contributed by atoms with Crippen LogP contribution in [0.2, 0.25) is 0 Å². The van der Waals surface area contributed by atoms with Gasteiger partial charge in [-0.2, -0.15) is 0 Å². The van der Waals surface area contributed by atoms with Gasteiger partial charge in [-0.25, -0.2) is 0 Å². The fourth-order valence-electron chi connectivity index (χ4n) is 4.13. The van der Waals surface area contributed by atoms with E-state index in [-0.39, 0.29) is 36.6 Å². The molecular formula is C20H40Cl2N4O2. The molecule has 1 heterocycles. The Morgan fingerprint density at radius 3 is 2.32 bits per heavy atom. The van der Waals surface area contributed by atoms with Gasteiger partial charge < -0.3 is 16.0 Å². The second kappa shape index (κ2) is 15.3. The van der Waals surface area contributed by atoms with Crippen molar-refractivity contribution < 1.29 is 9.59 Å². The van der Waals surface area contributed by atoms with E-state index in [1.807, 2.05) is 4.90 Å². The van der Waals surface area contributed by atoms with Gasteiger partial charge in [0.1, 0.15) is 0 Å². The van der Waals surface area contributed by atoms with Crippen molar-refractivity contribution >= 4 is 36.6 Å². The van der Waals surface area contributed by atoms with Crippen molar-refractivity contribution in [3.63, 3.8) is 0 Å². The van der Waals surface area contributed by atoms with Crippen LogP contribution in [0.25, 0.3) is 0 Å². The second-order valence-electron chi connectivity index (χ2n) is 8.15. The average molecular weight is 439 g/mol. The Bertz CT molecular complexity index is 446. The van der Waals surface area contributed by atoms with Crippen LogP contribution < -0.4 is 11.1 Å². The van der Waals surface area contributed by atoms with Gasteiger partial charge in [-0.05, 0) is 38.1 Å². The van der Waals surface area contributed by atoms with Crippen LogP contribution in [0.5, 0.6) is 0 Å². The lowest BCUT2D eigenvalue weighted by molar-refractivity contribution is -0.133. The standard InChI is InChI=1S/C20H38N4O2.2ClH/c1-17-7-6-8-18(15-17)22-19(25)16-23-11-13-24(14-12-23)20(26)9-4-2-3-5-10-21;;/h17-18H,2-16,21H2,1H3,(H,22,25);2*1H. The minimum Gasteiger partial charge on any atom is -0.352 e. The number of rotatable bonds is 9. The highest BCUT2D eigenvalue weighted by Crippen LogP contribution is 2.23. The molecule has 0 aromatic heterocycles. The molecule has 8 heteroatoms. The number of hydrogen-bond acceptors (Lipinski definition) is 4. The molecule has 1 aliphatic carbocycles. The molecule has 1 saturated carbocycles. The van der Waals surface area contributed by atoms with Gasteiger partial charge in [-0.3, -0.25) is 14.5 Å². The molecule has 0 aromatic carbocycles. The van der Waals surface area contributed by atoms with E-state index in [0.717, 1.165) is 77.2 Å². The number of carbonyl (C=O) groups excluding carboxylic acids is 2. The SMILES string of the molecule is CC1CCCC(NC(=O)CN2CCN(C(=O)CCCCCCN)CC2)C1.Cl.Cl. The molecule has 0 aromatic rings. The molecule has 166 valence electrons. The number of carbonyl (C=O) groups is 2. The normalized spacial score (nSPS) is 22.7. The molecule has 2 atom stereocenters. The van der Waals surface area contributed by atoms with Crippen molar-refractivity contribution in [2.45, 2.75) is 70.8 Å². The predicted octanol–water partition coefficient (Wildman–Crippen LogP) is 2.58. The van der Waals surface area contributed by atoms with E-state index in [9.17, 15) is 9.59 Å². The molecule has 0 bridgehead atoms. The zero-order valence-electron chi connectivity index (χ0n) is 17.4. The Kier molecular flexibility index (Phi) is 15.0. The van der Waals surface area contributed by atoms with E-state index in [0.29, 0.717) is 19.0 Å². The van der Waals surface area contributed by atoms with Gasteiger partial charge in [0.15, 0.2) is 0 Å². The van der Waals surface area contributed by atoms with Gasteiger partial charge in [0.25, 0.3) is 0 Å². The van der Waals surface area contributed by atoms with Gasteiger partial charge in [-0.15, -0.1) is 24.8 Å². The molecule has 2 amide bonds. The van der Waals surface area contributed by atoms with E-state index < -0.39 is 0 Å². The average Bonchev–Trinajstić information content (AvgIpc) is 2.62. The van der Waals surface area contributed by atoms with Crippen LogP contribution in [-0.4, -0.2) is 66.9 Å². The molecule has 1 aliphatic heterocycles. The van der Waals surface area contributed by atoms with Gasteiger partial charge in [0.05, 0.1) is 6.54 Å². The van der Waals surface area contributed by atoms with E-state index in [1.165, 1.54) is 12.8 Å². The largest absolute Gasteiger partial charge is 0.352 e. The molecule has 6 nitrogen and oxygen atoms in total. The maximum absolute atomic E-state index is 12.3.